The molecule has 1 aliphatic heterocycles. The lowest BCUT2D eigenvalue weighted by Crippen LogP contribution is -2.37. The van der Waals surface area contributed by atoms with Gasteiger partial charge in [0.05, 0.1) is 25.3 Å². The highest BCUT2D eigenvalue weighted by Gasteiger charge is 2.28. The molecule has 32 heavy (non-hydrogen) atoms. The van der Waals surface area contributed by atoms with Gasteiger partial charge in [0, 0.05) is 37.9 Å². The van der Waals surface area contributed by atoms with Crippen LogP contribution in [-0.4, -0.2) is 64.2 Å². The SMILES string of the molecule is COc1ccccc1CN(CC1CCCO1)C(=O)c1ccc(Cl)c(S(=O)(=O)N(C)OC)c1. The van der Waals surface area contributed by atoms with E-state index in [2.05, 4.69) is 0 Å². The normalized spacial score (nSPS) is 16.3. The Morgan fingerprint density at radius 1 is 1.22 bits per heavy atom. The second-order valence-corrected chi connectivity index (χ2v) is 9.69. The summed E-state index contributed by atoms with van der Waals surface area (Å²) in [6.07, 6.45) is 1.71. The first-order chi connectivity index (χ1) is 15.3. The molecule has 0 spiro atoms. The van der Waals surface area contributed by atoms with E-state index in [9.17, 15) is 13.2 Å². The van der Waals surface area contributed by atoms with Crippen LogP contribution in [0.4, 0.5) is 0 Å². The predicted molar refractivity (Wildman–Crippen MR) is 120 cm³/mol. The fraction of sp³-hybridized carbons (Fsp3) is 0.409. The number of hydrogen-bond donors (Lipinski definition) is 0. The molecular formula is C22H27ClN2O6S. The lowest BCUT2D eigenvalue weighted by Gasteiger charge is -2.27. The molecule has 1 amide bonds. The van der Waals surface area contributed by atoms with Crippen LogP contribution in [0.2, 0.25) is 5.02 Å². The van der Waals surface area contributed by atoms with Crippen molar-refractivity contribution in [3.63, 3.8) is 0 Å². The standard InChI is InChI=1S/C22H27ClN2O6S/c1-24(30-3)32(27,28)21-13-16(10-11-19(21)23)22(26)25(15-18-8-6-12-31-18)14-17-7-4-5-9-20(17)29-2/h4-5,7,9-11,13,18H,6,8,12,14-15H2,1-3H3. The molecular weight excluding hydrogens is 456 g/mol. The van der Waals surface area contributed by atoms with Gasteiger partial charge in [0.1, 0.15) is 10.6 Å². The number of rotatable bonds is 9. The molecule has 3 rings (SSSR count). The van der Waals surface area contributed by atoms with Gasteiger partial charge >= 0.3 is 0 Å². The maximum absolute atomic E-state index is 13.5. The Balaban J connectivity index is 1.96. The number of carbonyl (C=O) groups excluding carboxylic acids is 1. The third kappa shape index (κ3) is 5.41. The van der Waals surface area contributed by atoms with Crippen molar-refractivity contribution < 1.29 is 27.5 Å². The first-order valence-electron chi connectivity index (χ1n) is 10.1. The second kappa shape index (κ2) is 10.6. The van der Waals surface area contributed by atoms with Crippen molar-refractivity contribution in [3.05, 3.63) is 58.6 Å². The molecule has 0 bridgehead atoms. The summed E-state index contributed by atoms with van der Waals surface area (Å²) in [6, 6.07) is 11.6. The van der Waals surface area contributed by atoms with E-state index in [1.54, 1.807) is 12.0 Å². The van der Waals surface area contributed by atoms with Crippen LogP contribution in [-0.2, 0) is 26.1 Å². The molecule has 1 fully saturated rings. The van der Waals surface area contributed by atoms with Crippen LogP contribution in [0.15, 0.2) is 47.4 Å². The molecule has 0 radical (unpaired) electrons. The van der Waals surface area contributed by atoms with E-state index in [0.29, 0.717) is 23.4 Å². The fourth-order valence-electron chi connectivity index (χ4n) is 3.55. The number of hydrogen-bond acceptors (Lipinski definition) is 6. The van der Waals surface area contributed by atoms with Gasteiger partial charge in [-0.05, 0) is 37.1 Å². The molecule has 2 aromatic rings. The molecule has 10 heteroatoms. The van der Waals surface area contributed by atoms with Crippen LogP contribution >= 0.6 is 11.6 Å². The van der Waals surface area contributed by atoms with Gasteiger partial charge in [-0.1, -0.05) is 34.3 Å². The summed E-state index contributed by atoms with van der Waals surface area (Å²) in [6.45, 7) is 1.32. The van der Waals surface area contributed by atoms with E-state index >= 15 is 0 Å². The number of amides is 1. The Bertz CT molecular complexity index is 1060. The Hall–Kier alpha value is -2.17. The Labute approximate surface area is 193 Å². The summed E-state index contributed by atoms with van der Waals surface area (Å²) in [5.74, 6) is 0.332. The van der Waals surface area contributed by atoms with Crippen LogP contribution in [0, 0.1) is 0 Å². The van der Waals surface area contributed by atoms with Crippen molar-refractivity contribution >= 4 is 27.5 Å². The van der Waals surface area contributed by atoms with Crippen LogP contribution in [0.25, 0.3) is 0 Å². The van der Waals surface area contributed by atoms with Gasteiger partial charge in [-0.2, -0.15) is 0 Å². The number of methoxy groups -OCH3 is 1. The molecule has 1 aliphatic rings. The van der Waals surface area contributed by atoms with Gasteiger partial charge in [-0.25, -0.2) is 8.42 Å². The lowest BCUT2D eigenvalue weighted by atomic mass is 10.1. The zero-order valence-electron chi connectivity index (χ0n) is 18.3. The topological polar surface area (TPSA) is 85.4 Å². The zero-order chi connectivity index (χ0) is 23.3. The van der Waals surface area contributed by atoms with E-state index < -0.39 is 10.0 Å². The van der Waals surface area contributed by atoms with Crippen LogP contribution in [0.1, 0.15) is 28.8 Å². The van der Waals surface area contributed by atoms with Gasteiger partial charge in [-0.15, -0.1) is 0 Å². The molecule has 0 aliphatic carbocycles. The van der Waals surface area contributed by atoms with Gasteiger partial charge in [0.25, 0.3) is 15.9 Å². The van der Waals surface area contributed by atoms with Gasteiger partial charge in [0.15, 0.2) is 0 Å². The quantitative estimate of drug-likeness (QED) is 0.509. The average Bonchev–Trinajstić information content (AvgIpc) is 3.31. The lowest BCUT2D eigenvalue weighted by molar-refractivity contribution is -0.0258. The maximum atomic E-state index is 13.5. The molecule has 0 aromatic heterocycles. The summed E-state index contributed by atoms with van der Waals surface area (Å²) >= 11 is 6.15. The number of para-hydroxylation sites is 1. The van der Waals surface area contributed by atoms with E-state index in [1.807, 2.05) is 24.3 Å². The van der Waals surface area contributed by atoms with Crippen LogP contribution in [0.5, 0.6) is 5.75 Å². The van der Waals surface area contributed by atoms with Crippen molar-refractivity contribution in [1.29, 1.82) is 0 Å². The molecule has 1 atom stereocenters. The number of ether oxygens (including phenoxy) is 2. The van der Waals surface area contributed by atoms with E-state index in [-0.39, 0.29) is 34.0 Å². The molecule has 174 valence electrons. The molecule has 0 saturated carbocycles. The number of carbonyl (C=O) groups is 1. The third-order valence-corrected chi connectivity index (χ3v) is 7.50. The Morgan fingerprint density at radius 2 is 1.97 bits per heavy atom. The molecule has 1 heterocycles. The maximum Gasteiger partial charge on any atom is 0.266 e. The zero-order valence-corrected chi connectivity index (χ0v) is 19.9. The summed E-state index contributed by atoms with van der Waals surface area (Å²) < 4.78 is 37.3. The van der Waals surface area contributed by atoms with Crippen LogP contribution < -0.4 is 4.74 Å². The van der Waals surface area contributed by atoms with Crippen molar-refractivity contribution in [2.75, 3.05) is 34.4 Å². The number of halogens is 1. The second-order valence-electron chi connectivity index (χ2n) is 7.38. The average molecular weight is 483 g/mol. The minimum absolute atomic E-state index is 0.000792. The monoisotopic (exact) mass is 482 g/mol. The summed E-state index contributed by atoms with van der Waals surface area (Å²) in [7, 11) is 0.0362. The highest BCUT2D eigenvalue weighted by molar-refractivity contribution is 7.89. The highest BCUT2D eigenvalue weighted by atomic mass is 35.5. The van der Waals surface area contributed by atoms with E-state index in [4.69, 9.17) is 25.9 Å². The molecule has 0 N–H and O–H groups in total. The first-order valence-corrected chi connectivity index (χ1v) is 11.9. The van der Waals surface area contributed by atoms with Crippen molar-refractivity contribution in [1.82, 2.24) is 9.37 Å². The third-order valence-electron chi connectivity index (χ3n) is 5.34. The van der Waals surface area contributed by atoms with Gasteiger partial charge in [-0.3, -0.25) is 9.63 Å². The number of sulfonamides is 1. The van der Waals surface area contributed by atoms with Gasteiger partial charge < -0.3 is 14.4 Å². The van der Waals surface area contributed by atoms with Crippen molar-refractivity contribution in [3.8, 4) is 5.75 Å². The molecule has 2 aromatic carbocycles. The van der Waals surface area contributed by atoms with Crippen molar-refractivity contribution in [2.45, 2.75) is 30.4 Å². The minimum atomic E-state index is -4.03. The summed E-state index contributed by atoms with van der Waals surface area (Å²) in [5.41, 5.74) is 1.03. The number of benzene rings is 2. The minimum Gasteiger partial charge on any atom is -0.496 e. The van der Waals surface area contributed by atoms with Crippen LogP contribution in [0.3, 0.4) is 0 Å². The molecule has 1 saturated heterocycles. The highest BCUT2D eigenvalue weighted by Crippen LogP contribution is 2.27. The summed E-state index contributed by atoms with van der Waals surface area (Å²) in [5, 5.41) is 0.000792. The van der Waals surface area contributed by atoms with Crippen molar-refractivity contribution in [2.24, 2.45) is 0 Å². The van der Waals surface area contributed by atoms with E-state index in [0.717, 1.165) is 18.4 Å². The molecule has 1 unspecified atom stereocenters. The number of nitrogens with zero attached hydrogens (tertiary/aromatic N) is 2. The first kappa shape index (κ1) is 24.5. The van der Waals surface area contributed by atoms with E-state index in [1.165, 1.54) is 32.4 Å². The largest absolute Gasteiger partial charge is 0.496 e. The molecule has 8 nitrogen and oxygen atoms in total. The Kier molecular flexibility index (Phi) is 8.13. The smallest absolute Gasteiger partial charge is 0.266 e. The van der Waals surface area contributed by atoms with Gasteiger partial charge in [0.2, 0.25) is 0 Å². The number of hydroxylamine groups is 1. The Morgan fingerprint density at radius 3 is 2.62 bits per heavy atom. The summed E-state index contributed by atoms with van der Waals surface area (Å²) in [4.78, 5) is 19.8. The predicted octanol–water partition coefficient (Wildman–Crippen LogP) is 3.35. The fourth-order valence-corrected chi connectivity index (χ4v) is 5.02.